The van der Waals surface area contributed by atoms with Crippen molar-refractivity contribution in [1.29, 1.82) is 0 Å². The number of thiocarbonyl (C=S) groups is 1. The number of nitrogens with one attached hydrogen (secondary N) is 1. The second-order valence-corrected chi connectivity index (χ2v) is 7.30. The lowest BCUT2D eigenvalue weighted by molar-refractivity contribution is -0.149. The number of carbonyl (C=O) groups excluding carboxylic acids is 1. The monoisotopic (exact) mass is 483 g/mol. The summed E-state index contributed by atoms with van der Waals surface area (Å²) in [5.41, 5.74) is 0.919. The van der Waals surface area contributed by atoms with Crippen molar-refractivity contribution >= 4 is 67.4 Å². The summed E-state index contributed by atoms with van der Waals surface area (Å²) >= 11 is 11.1. The number of carbonyl (C=O) groups is 1. The lowest BCUT2D eigenvalue weighted by Gasteiger charge is -2.34. The fraction of sp³-hybridized carbons (Fsp3) is 0.429. The quantitative estimate of drug-likeness (QED) is 0.398. The molecule has 1 aromatic carbocycles. The van der Waals surface area contributed by atoms with E-state index in [4.69, 9.17) is 21.7 Å². The molecular formula is C14H15BrINO3S. The zero-order valence-corrected chi connectivity index (χ0v) is 16.2. The summed E-state index contributed by atoms with van der Waals surface area (Å²) in [4.78, 5) is 12.1. The van der Waals surface area contributed by atoms with Crippen molar-refractivity contribution in [3.8, 4) is 5.75 Å². The highest BCUT2D eigenvalue weighted by Crippen LogP contribution is 2.37. The van der Waals surface area contributed by atoms with Gasteiger partial charge in [0, 0.05) is 15.6 Å². The molecule has 0 amide bonds. The Hall–Kier alpha value is -0.410. The minimum absolute atomic E-state index is 0.0155. The molecular weight excluding hydrogens is 469 g/mol. The van der Waals surface area contributed by atoms with Gasteiger partial charge in [0.2, 0.25) is 0 Å². The molecule has 114 valence electrons. The summed E-state index contributed by atoms with van der Waals surface area (Å²) in [6.07, 6.45) is 1.51. The molecule has 0 saturated heterocycles. The Balaban J connectivity index is 2.00. The summed E-state index contributed by atoms with van der Waals surface area (Å²) in [7, 11) is 3.05. The van der Waals surface area contributed by atoms with Crippen LogP contribution < -0.4 is 10.1 Å². The number of anilines is 1. The van der Waals surface area contributed by atoms with E-state index in [0.717, 1.165) is 37.3 Å². The maximum absolute atomic E-state index is 11.4. The van der Waals surface area contributed by atoms with E-state index >= 15 is 0 Å². The van der Waals surface area contributed by atoms with E-state index in [1.54, 1.807) is 7.11 Å². The molecule has 1 fully saturated rings. The van der Waals surface area contributed by atoms with Crippen molar-refractivity contribution in [2.75, 3.05) is 19.5 Å². The molecule has 7 heteroatoms. The van der Waals surface area contributed by atoms with E-state index in [2.05, 4.69) is 43.8 Å². The summed E-state index contributed by atoms with van der Waals surface area (Å²) < 4.78 is 12.0. The number of rotatable bonds is 4. The van der Waals surface area contributed by atoms with E-state index in [1.165, 1.54) is 7.11 Å². The first kappa shape index (κ1) is 17.0. The molecule has 0 spiro atoms. The van der Waals surface area contributed by atoms with Crippen molar-refractivity contribution in [1.82, 2.24) is 0 Å². The van der Waals surface area contributed by atoms with E-state index in [-0.39, 0.29) is 17.8 Å². The largest absolute Gasteiger partial charge is 0.495 e. The zero-order chi connectivity index (χ0) is 15.6. The molecule has 0 bridgehead atoms. The van der Waals surface area contributed by atoms with Gasteiger partial charge in [-0.1, -0.05) is 12.2 Å². The van der Waals surface area contributed by atoms with Gasteiger partial charge in [-0.2, -0.15) is 0 Å². The third kappa shape index (κ3) is 3.87. The van der Waals surface area contributed by atoms with Gasteiger partial charge in [0.05, 0.1) is 35.3 Å². The van der Waals surface area contributed by atoms with Crippen molar-refractivity contribution in [2.24, 2.45) is 11.8 Å². The summed E-state index contributed by atoms with van der Waals surface area (Å²) in [5.74, 6) is 0.823. The van der Waals surface area contributed by atoms with Crippen LogP contribution in [0.25, 0.3) is 0 Å². The molecule has 0 aromatic heterocycles. The number of methoxy groups -OCH3 is 2. The molecule has 1 saturated carbocycles. The smallest absolute Gasteiger partial charge is 0.308 e. The summed E-state index contributed by atoms with van der Waals surface area (Å²) in [6, 6.07) is 3.89. The number of benzene rings is 1. The number of ether oxygens (including phenoxy) is 2. The van der Waals surface area contributed by atoms with Crippen LogP contribution in [0.2, 0.25) is 0 Å². The Morgan fingerprint density at radius 2 is 2.05 bits per heavy atom. The average molecular weight is 484 g/mol. The Bertz CT molecular complexity index is 576. The highest BCUT2D eigenvalue weighted by atomic mass is 127. The van der Waals surface area contributed by atoms with Gasteiger partial charge in [-0.05, 0) is 57.4 Å². The molecule has 0 radical (unpaired) electrons. The van der Waals surface area contributed by atoms with Crippen LogP contribution in [0.1, 0.15) is 12.8 Å². The fourth-order valence-corrected chi connectivity index (χ4v) is 4.04. The standard InChI is InChI=1S/C14H15BrINO3S/c1-19-12-6-11(10(16)5-9(12)15)17-13(21)7-3-8(4-7)14(18)20-2/h5-8H,3-4H2,1-2H3,(H,17,21)/t7-,8-. The molecule has 1 N–H and O–H groups in total. The van der Waals surface area contributed by atoms with Crippen molar-refractivity contribution in [3.63, 3.8) is 0 Å². The summed E-state index contributed by atoms with van der Waals surface area (Å²) in [5, 5.41) is 3.26. The summed E-state index contributed by atoms with van der Waals surface area (Å²) in [6.45, 7) is 0. The SMILES string of the molecule is COc1cc(NC(=S)[C@H]2C[C@H](C(=O)OC)C2)c(I)cc1Br. The molecule has 0 unspecified atom stereocenters. The van der Waals surface area contributed by atoms with E-state index in [1.807, 2.05) is 12.1 Å². The van der Waals surface area contributed by atoms with Crippen LogP contribution in [0.5, 0.6) is 5.75 Å². The van der Waals surface area contributed by atoms with Crippen molar-refractivity contribution in [3.05, 3.63) is 20.2 Å². The first-order valence-electron chi connectivity index (χ1n) is 6.38. The maximum Gasteiger partial charge on any atom is 0.308 e. The van der Waals surface area contributed by atoms with Gasteiger partial charge in [-0.25, -0.2) is 0 Å². The van der Waals surface area contributed by atoms with Crippen LogP contribution in [0.15, 0.2) is 16.6 Å². The number of hydrogen-bond donors (Lipinski definition) is 1. The van der Waals surface area contributed by atoms with Crippen LogP contribution in [0, 0.1) is 15.4 Å². The second-order valence-electron chi connectivity index (χ2n) is 4.84. The first-order valence-corrected chi connectivity index (χ1v) is 8.66. The van der Waals surface area contributed by atoms with E-state index in [0.29, 0.717) is 0 Å². The molecule has 1 aromatic rings. The van der Waals surface area contributed by atoms with E-state index < -0.39 is 0 Å². The van der Waals surface area contributed by atoms with Crippen LogP contribution >= 0.6 is 50.7 Å². The van der Waals surface area contributed by atoms with Gasteiger partial charge in [0.15, 0.2) is 0 Å². The topological polar surface area (TPSA) is 47.6 Å². The van der Waals surface area contributed by atoms with Gasteiger partial charge >= 0.3 is 5.97 Å². The minimum atomic E-state index is -0.144. The Kier molecular flexibility index (Phi) is 5.84. The predicted molar refractivity (Wildman–Crippen MR) is 97.9 cm³/mol. The third-order valence-corrected chi connectivity index (χ3v) is 5.49. The third-order valence-electron chi connectivity index (χ3n) is 3.54. The lowest BCUT2D eigenvalue weighted by atomic mass is 9.75. The van der Waals surface area contributed by atoms with Crippen LogP contribution in [-0.4, -0.2) is 25.2 Å². The molecule has 1 aliphatic rings. The van der Waals surface area contributed by atoms with Crippen LogP contribution in [0.3, 0.4) is 0 Å². The van der Waals surface area contributed by atoms with Gasteiger partial charge in [0.1, 0.15) is 5.75 Å². The molecule has 4 nitrogen and oxygen atoms in total. The van der Waals surface area contributed by atoms with Gasteiger partial charge in [-0.3, -0.25) is 4.79 Å². The predicted octanol–water partition coefficient (Wildman–Crippen LogP) is 4.00. The van der Waals surface area contributed by atoms with Gasteiger partial charge < -0.3 is 14.8 Å². The molecule has 2 rings (SSSR count). The molecule has 21 heavy (non-hydrogen) atoms. The van der Waals surface area contributed by atoms with Gasteiger partial charge in [-0.15, -0.1) is 0 Å². The van der Waals surface area contributed by atoms with Gasteiger partial charge in [0.25, 0.3) is 0 Å². The Morgan fingerprint density at radius 3 is 2.62 bits per heavy atom. The highest BCUT2D eigenvalue weighted by molar-refractivity contribution is 14.1. The zero-order valence-electron chi connectivity index (χ0n) is 11.6. The minimum Gasteiger partial charge on any atom is -0.495 e. The number of esters is 1. The fourth-order valence-electron chi connectivity index (χ4n) is 2.21. The highest BCUT2D eigenvalue weighted by Gasteiger charge is 2.37. The lowest BCUT2D eigenvalue weighted by Crippen LogP contribution is -2.37. The molecule has 0 heterocycles. The average Bonchev–Trinajstić information content (AvgIpc) is 2.39. The van der Waals surface area contributed by atoms with Crippen molar-refractivity contribution in [2.45, 2.75) is 12.8 Å². The maximum atomic E-state index is 11.4. The van der Waals surface area contributed by atoms with E-state index in [9.17, 15) is 4.79 Å². The second kappa shape index (κ2) is 7.23. The van der Waals surface area contributed by atoms with Crippen molar-refractivity contribution < 1.29 is 14.3 Å². The Morgan fingerprint density at radius 1 is 1.38 bits per heavy atom. The molecule has 1 aliphatic carbocycles. The van der Waals surface area contributed by atoms with Crippen LogP contribution in [0.4, 0.5) is 5.69 Å². The normalized spacial score (nSPS) is 20.4. The number of hydrogen-bond acceptors (Lipinski definition) is 4. The first-order chi connectivity index (χ1) is 9.96. The molecule has 0 atom stereocenters. The van der Waals surface area contributed by atoms with Crippen LogP contribution in [-0.2, 0) is 9.53 Å². The molecule has 0 aliphatic heterocycles. The Labute approximate surface area is 151 Å². The number of halogens is 2.